The average molecular weight is 409 g/mol. The second kappa shape index (κ2) is 8.83. The first-order chi connectivity index (χ1) is 15.4. The Morgan fingerprint density at radius 2 is 1.48 bits per heavy atom. The third-order valence-electron chi connectivity index (χ3n) is 5.40. The number of nitrogens with zero attached hydrogens (tertiary/aromatic N) is 6. The Labute approximate surface area is 182 Å². The van der Waals surface area contributed by atoms with Crippen LogP contribution in [0.2, 0.25) is 0 Å². The van der Waals surface area contributed by atoms with Gasteiger partial charge in [-0.3, -0.25) is 5.01 Å². The van der Waals surface area contributed by atoms with Crippen LogP contribution in [0.4, 0.5) is 5.82 Å². The van der Waals surface area contributed by atoms with Gasteiger partial charge in [-0.05, 0) is 24.3 Å². The van der Waals surface area contributed by atoms with Gasteiger partial charge in [0.2, 0.25) is 0 Å². The molecular weight excluding hydrogens is 384 g/mol. The lowest BCUT2D eigenvalue weighted by Gasteiger charge is -2.33. The molecule has 0 N–H and O–H groups in total. The Bertz CT molecular complexity index is 1130. The molecule has 31 heavy (non-hydrogen) atoms. The van der Waals surface area contributed by atoms with Crippen molar-refractivity contribution in [2.45, 2.75) is 0 Å². The van der Waals surface area contributed by atoms with Crippen LogP contribution in [0, 0.1) is 0 Å². The number of piperazine rings is 1. The molecule has 1 fully saturated rings. The summed E-state index contributed by atoms with van der Waals surface area (Å²) in [4.78, 5) is 6.76. The van der Waals surface area contributed by atoms with Crippen LogP contribution in [0.5, 0.6) is 0 Å². The van der Waals surface area contributed by atoms with E-state index in [0.29, 0.717) is 0 Å². The monoisotopic (exact) mass is 408 g/mol. The molecule has 3 heterocycles. The summed E-state index contributed by atoms with van der Waals surface area (Å²) >= 11 is 0. The molecule has 0 atom stereocenters. The van der Waals surface area contributed by atoms with Gasteiger partial charge in [0.15, 0.2) is 0 Å². The van der Waals surface area contributed by atoms with Crippen molar-refractivity contribution in [2.24, 2.45) is 5.10 Å². The van der Waals surface area contributed by atoms with Gasteiger partial charge in [-0.15, -0.1) is 0 Å². The maximum atomic E-state index is 4.86. The minimum Gasteiger partial charge on any atom is -0.353 e. The Hall–Kier alpha value is -3.93. The van der Waals surface area contributed by atoms with E-state index in [2.05, 4.69) is 45.2 Å². The van der Waals surface area contributed by atoms with Crippen LogP contribution in [0.25, 0.3) is 16.9 Å². The van der Waals surface area contributed by atoms with Crippen LogP contribution in [-0.4, -0.2) is 52.2 Å². The van der Waals surface area contributed by atoms with E-state index in [1.165, 1.54) is 0 Å². The molecule has 4 aromatic rings. The number of benzene rings is 2. The second-order valence-corrected chi connectivity index (χ2v) is 7.45. The number of hydrazone groups is 1. The lowest BCUT2D eigenvalue weighted by Crippen LogP contribution is -2.44. The molecule has 6 heteroatoms. The zero-order valence-electron chi connectivity index (χ0n) is 17.2. The third kappa shape index (κ3) is 4.33. The molecule has 0 spiro atoms. The Morgan fingerprint density at radius 3 is 2.19 bits per heavy atom. The number of hydrogen-bond donors (Lipinski definition) is 0. The van der Waals surface area contributed by atoms with Crippen LogP contribution in [0.3, 0.4) is 0 Å². The predicted octanol–water partition coefficient (Wildman–Crippen LogP) is 4.09. The van der Waals surface area contributed by atoms with Gasteiger partial charge in [-0.2, -0.15) is 10.2 Å². The average Bonchev–Trinajstić information content (AvgIpc) is 3.29. The third-order valence-corrected chi connectivity index (χ3v) is 5.40. The fraction of sp³-hybridized carbons (Fsp3) is 0.160. The smallest absolute Gasteiger partial charge is 0.128 e. The summed E-state index contributed by atoms with van der Waals surface area (Å²) < 4.78 is 1.92. The van der Waals surface area contributed by atoms with Crippen LogP contribution < -0.4 is 4.90 Å². The van der Waals surface area contributed by atoms with Gasteiger partial charge >= 0.3 is 0 Å². The first-order valence-corrected chi connectivity index (χ1v) is 10.5. The summed E-state index contributed by atoms with van der Waals surface area (Å²) in [5.74, 6) is 1.03. The van der Waals surface area contributed by atoms with E-state index in [0.717, 1.165) is 54.5 Å². The van der Waals surface area contributed by atoms with Gasteiger partial charge < -0.3 is 4.90 Å². The van der Waals surface area contributed by atoms with E-state index >= 15 is 0 Å². The standard InChI is InChI=1S/C25H24N6/c1-3-9-21(10-4-1)25-22(20-31(28-25)23-11-5-2-6-12-23)19-27-30-17-15-29(16-18-30)24-13-7-8-14-26-24/h1-14,19-20H,15-18H2. The van der Waals surface area contributed by atoms with E-state index in [4.69, 9.17) is 10.2 Å². The van der Waals surface area contributed by atoms with Crippen LogP contribution in [0.15, 0.2) is 96.4 Å². The molecule has 2 aromatic heterocycles. The van der Waals surface area contributed by atoms with Crippen molar-refractivity contribution >= 4 is 12.0 Å². The molecule has 2 aromatic carbocycles. The lowest BCUT2D eigenvalue weighted by atomic mass is 10.1. The second-order valence-electron chi connectivity index (χ2n) is 7.45. The molecule has 0 bridgehead atoms. The minimum absolute atomic E-state index is 0.862. The van der Waals surface area contributed by atoms with Gasteiger partial charge in [0, 0.05) is 36.6 Å². The summed E-state index contributed by atoms with van der Waals surface area (Å²) in [7, 11) is 0. The van der Waals surface area contributed by atoms with E-state index in [1.807, 2.05) is 71.8 Å². The summed E-state index contributed by atoms with van der Waals surface area (Å²) in [6.45, 7) is 3.54. The molecule has 0 amide bonds. The number of rotatable bonds is 5. The van der Waals surface area contributed by atoms with Crippen LogP contribution in [-0.2, 0) is 0 Å². The fourth-order valence-electron chi connectivity index (χ4n) is 3.74. The van der Waals surface area contributed by atoms with E-state index in [1.54, 1.807) is 0 Å². The summed E-state index contributed by atoms with van der Waals surface area (Å²) in [6.07, 6.45) is 5.83. The topological polar surface area (TPSA) is 49.5 Å². The molecule has 0 unspecified atom stereocenters. The highest BCUT2D eigenvalue weighted by atomic mass is 15.5. The zero-order chi connectivity index (χ0) is 20.9. The Morgan fingerprint density at radius 1 is 0.774 bits per heavy atom. The van der Waals surface area contributed by atoms with Crippen molar-refractivity contribution in [1.82, 2.24) is 19.8 Å². The normalized spacial score (nSPS) is 14.3. The van der Waals surface area contributed by atoms with Gasteiger partial charge in [0.25, 0.3) is 0 Å². The number of para-hydroxylation sites is 1. The van der Waals surface area contributed by atoms with Crippen molar-refractivity contribution in [1.29, 1.82) is 0 Å². The van der Waals surface area contributed by atoms with Crippen molar-refractivity contribution in [3.63, 3.8) is 0 Å². The molecular formula is C25H24N6. The number of anilines is 1. The first-order valence-electron chi connectivity index (χ1n) is 10.5. The predicted molar refractivity (Wildman–Crippen MR) is 125 cm³/mol. The number of pyridine rings is 1. The quantitative estimate of drug-likeness (QED) is 0.467. The van der Waals surface area contributed by atoms with Crippen LogP contribution >= 0.6 is 0 Å². The number of aromatic nitrogens is 3. The SMILES string of the molecule is C(=NN1CCN(c2ccccn2)CC1)c1cn(-c2ccccc2)nc1-c1ccccc1. The number of hydrogen-bond acceptors (Lipinski definition) is 5. The van der Waals surface area contributed by atoms with E-state index < -0.39 is 0 Å². The molecule has 1 aliphatic rings. The zero-order valence-corrected chi connectivity index (χ0v) is 17.2. The summed E-state index contributed by atoms with van der Waals surface area (Å²) in [5.41, 5.74) is 4.05. The minimum atomic E-state index is 0.862. The van der Waals surface area contributed by atoms with Gasteiger partial charge in [0.05, 0.1) is 25.0 Å². The molecule has 6 nitrogen and oxygen atoms in total. The molecule has 1 aliphatic heterocycles. The Kier molecular flexibility index (Phi) is 5.43. The van der Waals surface area contributed by atoms with E-state index in [-0.39, 0.29) is 0 Å². The maximum absolute atomic E-state index is 4.86. The summed E-state index contributed by atoms with van der Waals surface area (Å²) in [6, 6.07) is 26.5. The first kappa shape index (κ1) is 19.1. The largest absolute Gasteiger partial charge is 0.353 e. The van der Waals surface area contributed by atoms with Crippen molar-refractivity contribution in [2.75, 3.05) is 31.1 Å². The summed E-state index contributed by atoms with van der Waals surface area (Å²) in [5, 5.41) is 11.8. The molecule has 0 aliphatic carbocycles. The van der Waals surface area contributed by atoms with Gasteiger partial charge in [-0.1, -0.05) is 54.6 Å². The van der Waals surface area contributed by atoms with Crippen molar-refractivity contribution < 1.29 is 0 Å². The molecule has 0 saturated carbocycles. The van der Waals surface area contributed by atoms with Gasteiger partial charge in [-0.25, -0.2) is 9.67 Å². The molecule has 0 radical (unpaired) electrons. The highest BCUT2D eigenvalue weighted by molar-refractivity contribution is 5.88. The highest BCUT2D eigenvalue weighted by Crippen LogP contribution is 2.22. The highest BCUT2D eigenvalue weighted by Gasteiger charge is 2.17. The van der Waals surface area contributed by atoms with Crippen molar-refractivity contribution in [3.8, 4) is 16.9 Å². The van der Waals surface area contributed by atoms with E-state index in [9.17, 15) is 0 Å². The Balaban J connectivity index is 1.36. The molecule has 5 rings (SSSR count). The molecule has 154 valence electrons. The van der Waals surface area contributed by atoms with Gasteiger partial charge in [0.1, 0.15) is 11.5 Å². The fourth-order valence-corrected chi connectivity index (χ4v) is 3.74. The maximum Gasteiger partial charge on any atom is 0.128 e. The molecule has 1 saturated heterocycles. The lowest BCUT2D eigenvalue weighted by molar-refractivity contribution is 0.271. The van der Waals surface area contributed by atoms with Crippen LogP contribution in [0.1, 0.15) is 5.56 Å². The van der Waals surface area contributed by atoms with Crippen molar-refractivity contribution in [3.05, 3.63) is 96.8 Å².